The van der Waals surface area contributed by atoms with Crippen molar-refractivity contribution >= 4 is 23.2 Å². The van der Waals surface area contributed by atoms with Crippen molar-refractivity contribution in [2.75, 3.05) is 0 Å². The lowest BCUT2D eigenvalue weighted by Gasteiger charge is -2.18. The van der Waals surface area contributed by atoms with E-state index >= 15 is 0 Å². The largest absolute Gasteiger partial charge is 0.364 e. The topological polar surface area (TPSA) is 90.0 Å². The molecule has 0 aliphatic carbocycles. The first-order valence-corrected chi connectivity index (χ1v) is 11.2. The molecule has 4 rings (SSSR count). The Morgan fingerprint density at radius 3 is 2.25 bits per heavy atom. The van der Waals surface area contributed by atoms with E-state index in [1.807, 2.05) is 47.8 Å². The van der Waals surface area contributed by atoms with Gasteiger partial charge in [0.1, 0.15) is 5.69 Å². The average Bonchev–Trinajstić information content (AvgIpc) is 3.48. The zero-order valence-electron chi connectivity index (χ0n) is 17.9. The highest BCUT2D eigenvalue weighted by Gasteiger charge is 2.23. The van der Waals surface area contributed by atoms with Gasteiger partial charge in [-0.1, -0.05) is 62.4 Å². The summed E-state index contributed by atoms with van der Waals surface area (Å²) in [6, 6.07) is 22.4. The van der Waals surface area contributed by atoms with Gasteiger partial charge in [-0.3, -0.25) is 9.59 Å². The van der Waals surface area contributed by atoms with Crippen molar-refractivity contribution in [3.63, 3.8) is 0 Å². The quantitative estimate of drug-likeness (QED) is 0.434. The summed E-state index contributed by atoms with van der Waals surface area (Å²) in [6.45, 7) is 4.29. The van der Waals surface area contributed by atoms with Crippen LogP contribution in [0.5, 0.6) is 0 Å². The molecular weight excluding hydrogens is 420 g/mol. The molecule has 4 aromatic rings. The third-order valence-corrected chi connectivity index (χ3v) is 6.17. The lowest BCUT2D eigenvalue weighted by molar-refractivity contribution is 0.0937. The van der Waals surface area contributed by atoms with E-state index < -0.39 is 5.91 Å². The van der Waals surface area contributed by atoms with Crippen LogP contribution in [0, 0.1) is 0 Å². The number of nitrogens with one attached hydrogen (secondary N) is 1. The minimum Gasteiger partial charge on any atom is -0.364 e. The van der Waals surface area contributed by atoms with Gasteiger partial charge in [0, 0.05) is 10.9 Å². The second-order valence-electron chi connectivity index (χ2n) is 7.77. The molecule has 32 heavy (non-hydrogen) atoms. The van der Waals surface area contributed by atoms with Crippen LogP contribution in [-0.4, -0.2) is 21.6 Å². The Bertz CT molecular complexity index is 1210. The van der Waals surface area contributed by atoms with Crippen LogP contribution < -0.4 is 11.1 Å². The van der Waals surface area contributed by atoms with Crippen molar-refractivity contribution in [2.24, 2.45) is 5.73 Å². The van der Waals surface area contributed by atoms with E-state index in [0.717, 1.165) is 10.4 Å². The van der Waals surface area contributed by atoms with E-state index in [1.165, 1.54) is 16.3 Å². The van der Waals surface area contributed by atoms with Crippen LogP contribution in [0.3, 0.4) is 0 Å². The Labute approximate surface area is 190 Å². The molecule has 7 heteroatoms. The van der Waals surface area contributed by atoms with Gasteiger partial charge in [-0.25, -0.2) is 4.68 Å². The lowest BCUT2D eigenvalue weighted by atomic mass is 9.98. The van der Waals surface area contributed by atoms with E-state index in [0.29, 0.717) is 11.6 Å². The maximum atomic E-state index is 13.2. The molecule has 2 amide bonds. The van der Waals surface area contributed by atoms with Crippen molar-refractivity contribution in [1.82, 2.24) is 15.1 Å². The third-order valence-electron chi connectivity index (χ3n) is 5.23. The van der Waals surface area contributed by atoms with E-state index in [-0.39, 0.29) is 23.3 Å². The molecule has 1 atom stereocenters. The molecule has 2 heterocycles. The van der Waals surface area contributed by atoms with Gasteiger partial charge in [0.15, 0.2) is 5.69 Å². The molecule has 2 aromatic heterocycles. The fourth-order valence-corrected chi connectivity index (χ4v) is 4.29. The molecule has 1 unspecified atom stereocenters. The lowest BCUT2D eigenvalue weighted by Crippen LogP contribution is -2.29. The summed E-state index contributed by atoms with van der Waals surface area (Å²) in [5.41, 5.74) is 8.68. The van der Waals surface area contributed by atoms with Crippen molar-refractivity contribution in [1.29, 1.82) is 0 Å². The molecular formula is C25H24N4O2S. The average molecular weight is 445 g/mol. The van der Waals surface area contributed by atoms with Gasteiger partial charge < -0.3 is 11.1 Å². The summed E-state index contributed by atoms with van der Waals surface area (Å²) < 4.78 is 1.40. The zero-order chi connectivity index (χ0) is 22.7. The molecule has 0 saturated carbocycles. The van der Waals surface area contributed by atoms with Crippen LogP contribution in [0.2, 0.25) is 0 Å². The molecule has 0 saturated heterocycles. The number of nitrogens with zero attached hydrogens (tertiary/aromatic N) is 2. The number of benzene rings is 2. The summed E-state index contributed by atoms with van der Waals surface area (Å²) in [4.78, 5) is 26.2. The summed E-state index contributed by atoms with van der Waals surface area (Å²) in [5.74, 6) is -0.610. The van der Waals surface area contributed by atoms with Crippen molar-refractivity contribution in [3.05, 3.63) is 106 Å². The van der Waals surface area contributed by atoms with Crippen LogP contribution in [0.4, 0.5) is 0 Å². The van der Waals surface area contributed by atoms with E-state index in [2.05, 4.69) is 36.4 Å². The van der Waals surface area contributed by atoms with Gasteiger partial charge in [-0.2, -0.15) is 5.10 Å². The summed E-state index contributed by atoms with van der Waals surface area (Å²) in [6.07, 6.45) is 0. The Kier molecular flexibility index (Phi) is 6.18. The molecule has 6 nitrogen and oxygen atoms in total. The second kappa shape index (κ2) is 9.20. The van der Waals surface area contributed by atoms with Crippen molar-refractivity contribution < 1.29 is 9.59 Å². The number of carbonyl (C=O) groups is 2. The number of primary amides is 1. The maximum absolute atomic E-state index is 13.2. The molecule has 3 N–H and O–H groups in total. The normalized spacial score (nSPS) is 12.0. The van der Waals surface area contributed by atoms with Gasteiger partial charge in [-0.15, -0.1) is 11.3 Å². The minimum atomic E-state index is -0.653. The zero-order valence-corrected chi connectivity index (χ0v) is 18.7. The van der Waals surface area contributed by atoms with E-state index in [9.17, 15) is 9.59 Å². The highest BCUT2D eigenvalue weighted by molar-refractivity contribution is 7.10. The first-order valence-electron chi connectivity index (χ1n) is 10.3. The molecule has 0 aliphatic heterocycles. The van der Waals surface area contributed by atoms with Crippen LogP contribution in [0.25, 0.3) is 5.69 Å². The second-order valence-corrected chi connectivity index (χ2v) is 8.75. The number of hydrogen-bond acceptors (Lipinski definition) is 4. The van der Waals surface area contributed by atoms with E-state index in [4.69, 9.17) is 5.73 Å². The molecule has 0 aliphatic rings. The number of rotatable bonds is 7. The fourth-order valence-electron chi connectivity index (χ4n) is 3.49. The number of amides is 2. The monoisotopic (exact) mass is 444 g/mol. The Hall–Kier alpha value is -3.71. The van der Waals surface area contributed by atoms with Crippen molar-refractivity contribution in [3.8, 4) is 5.69 Å². The summed E-state index contributed by atoms with van der Waals surface area (Å²) >= 11 is 1.57. The number of thiophene rings is 1. The number of para-hydroxylation sites is 1. The maximum Gasteiger partial charge on any atom is 0.272 e. The molecule has 0 fully saturated rings. The van der Waals surface area contributed by atoms with Gasteiger partial charge in [0.2, 0.25) is 0 Å². The smallest absolute Gasteiger partial charge is 0.272 e. The highest BCUT2D eigenvalue weighted by atomic mass is 32.1. The highest BCUT2D eigenvalue weighted by Crippen LogP contribution is 2.28. The minimum absolute atomic E-state index is 0.128. The van der Waals surface area contributed by atoms with Gasteiger partial charge in [0.25, 0.3) is 11.8 Å². The number of carbonyl (C=O) groups excluding carboxylic acids is 2. The Balaban J connectivity index is 1.66. The standard InChI is InChI=1S/C25H24N4O2S/c1-16(2)17-10-12-18(13-11-17)23(22-9-6-14-32-22)27-25(31)20-15-21(24(26)30)29(28-20)19-7-4-3-5-8-19/h3-16,23H,1-2H3,(H2,26,30)(H,27,31). The Morgan fingerprint density at radius 1 is 0.969 bits per heavy atom. The predicted molar refractivity (Wildman–Crippen MR) is 126 cm³/mol. The number of nitrogens with two attached hydrogens (primary N) is 1. The molecule has 162 valence electrons. The number of hydrogen-bond donors (Lipinski definition) is 2. The predicted octanol–water partition coefficient (Wildman–Crippen LogP) is 4.68. The van der Waals surface area contributed by atoms with Crippen LogP contribution >= 0.6 is 11.3 Å². The van der Waals surface area contributed by atoms with Crippen LogP contribution in [0.15, 0.2) is 78.2 Å². The first-order chi connectivity index (χ1) is 15.4. The van der Waals surface area contributed by atoms with Crippen LogP contribution in [0.1, 0.15) is 62.8 Å². The van der Waals surface area contributed by atoms with Gasteiger partial charge in [0.05, 0.1) is 11.7 Å². The number of aromatic nitrogens is 2. The van der Waals surface area contributed by atoms with Gasteiger partial charge in [-0.05, 0) is 40.6 Å². The summed E-state index contributed by atoms with van der Waals surface area (Å²) in [5, 5.41) is 9.43. The van der Waals surface area contributed by atoms with Gasteiger partial charge >= 0.3 is 0 Å². The Morgan fingerprint density at radius 2 is 1.66 bits per heavy atom. The fraction of sp³-hybridized carbons (Fsp3) is 0.160. The third kappa shape index (κ3) is 4.48. The molecule has 0 spiro atoms. The van der Waals surface area contributed by atoms with Crippen LogP contribution in [-0.2, 0) is 0 Å². The molecule has 2 aromatic carbocycles. The van der Waals surface area contributed by atoms with E-state index in [1.54, 1.807) is 23.5 Å². The summed E-state index contributed by atoms with van der Waals surface area (Å²) in [7, 11) is 0. The molecule has 0 radical (unpaired) electrons. The first kappa shape index (κ1) is 21.5. The molecule has 0 bridgehead atoms. The van der Waals surface area contributed by atoms with Crippen molar-refractivity contribution in [2.45, 2.75) is 25.8 Å². The SMILES string of the molecule is CC(C)c1ccc(C(NC(=O)c2cc(C(N)=O)n(-c3ccccc3)n2)c2cccs2)cc1.